The van der Waals surface area contributed by atoms with E-state index in [0.29, 0.717) is 0 Å². The third kappa shape index (κ3) is 3.10. The highest BCUT2D eigenvalue weighted by atomic mass is 16.5. The highest BCUT2D eigenvalue weighted by Gasteiger charge is 2.13. The molecule has 20 heavy (non-hydrogen) atoms. The molecule has 2 heterocycles. The molecule has 0 bridgehead atoms. The third-order valence-corrected chi connectivity index (χ3v) is 3.72. The minimum Gasteiger partial charge on any atom is -0.382 e. The summed E-state index contributed by atoms with van der Waals surface area (Å²) in [4.78, 5) is 5.43. The molecule has 0 saturated carbocycles. The lowest BCUT2D eigenvalue weighted by Gasteiger charge is -2.26. The van der Waals surface area contributed by atoms with Crippen molar-refractivity contribution < 1.29 is 9.84 Å². The first-order valence-electron chi connectivity index (χ1n) is 7.03. The maximum Gasteiger partial charge on any atom is 0.119 e. The third-order valence-electron chi connectivity index (χ3n) is 3.72. The molecule has 1 aromatic heterocycles. The molecule has 1 aromatic carbocycles. The van der Waals surface area contributed by atoms with Crippen LogP contribution < -0.4 is 0 Å². The summed E-state index contributed by atoms with van der Waals surface area (Å²) in [5.41, 5.74) is 3.01. The van der Waals surface area contributed by atoms with Crippen molar-refractivity contribution in [1.82, 2.24) is 9.88 Å². The van der Waals surface area contributed by atoms with Crippen LogP contribution >= 0.6 is 0 Å². The fourth-order valence-electron chi connectivity index (χ4n) is 2.52. The van der Waals surface area contributed by atoms with Gasteiger partial charge in [-0.1, -0.05) is 24.3 Å². The first kappa shape index (κ1) is 13.4. The van der Waals surface area contributed by atoms with Crippen LogP contribution in [-0.2, 0) is 11.3 Å². The summed E-state index contributed by atoms with van der Waals surface area (Å²) in [5.74, 6) is 0. The molecule has 3 rings (SSSR count). The van der Waals surface area contributed by atoms with Gasteiger partial charge in [0.1, 0.15) is 6.10 Å². The molecule has 1 aliphatic heterocycles. The number of morpholine rings is 1. The number of hydrogen-bond acceptors (Lipinski definition) is 3. The van der Waals surface area contributed by atoms with Gasteiger partial charge in [0.15, 0.2) is 0 Å². The second-order valence-corrected chi connectivity index (χ2v) is 5.16. The molecule has 0 spiro atoms. The minimum atomic E-state index is -0.581. The lowest BCUT2D eigenvalue weighted by molar-refractivity contribution is 0.0342. The minimum absolute atomic E-state index is 0.581. The first-order chi connectivity index (χ1) is 9.83. The largest absolute Gasteiger partial charge is 0.382 e. The van der Waals surface area contributed by atoms with E-state index in [1.807, 2.05) is 30.5 Å². The molecule has 0 radical (unpaired) electrons. The van der Waals surface area contributed by atoms with Gasteiger partial charge < -0.3 is 14.8 Å². The van der Waals surface area contributed by atoms with E-state index in [4.69, 9.17) is 4.74 Å². The summed E-state index contributed by atoms with van der Waals surface area (Å²) >= 11 is 0. The Morgan fingerprint density at radius 2 is 1.90 bits per heavy atom. The van der Waals surface area contributed by atoms with Crippen molar-refractivity contribution in [2.24, 2.45) is 0 Å². The summed E-state index contributed by atoms with van der Waals surface area (Å²) in [6, 6.07) is 12.0. The van der Waals surface area contributed by atoms with Crippen molar-refractivity contribution in [3.63, 3.8) is 0 Å². The van der Waals surface area contributed by atoms with Gasteiger partial charge in [-0.05, 0) is 23.3 Å². The van der Waals surface area contributed by atoms with Gasteiger partial charge in [0, 0.05) is 31.5 Å². The van der Waals surface area contributed by atoms with E-state index in [1.54, 1.807) is 0 Å². The van der Waals surface area contributed by atoms with Crippen molar-refractivity contribution in [1.29, 1.82) is 0 Å². The lowest BCUT2D eigenvalue weighted by atomic mass is 10.0. The number of benzene rings is 1. The number of nitrogens with zero attached hydrogens (tertiary/aromatic N) is 1. The number of nitrogens with one attached hydrogen (secondary N) is 1. The maximum atomic E-state index is 10.2. The summed E-state index contributed by atoms with van der Waals surface area (Å²) in [7, 11) is 0. The van der Waals surface area contributed by atoms with Crippen molar-refractivity contribution in [2.75, 3.05) is 26.3 Å². The van der Waals surface area contributed by atoms with Gasteiger partial charge in [0.05, 0.1) is 13.2 Å². The number of rotatable bonds is 4. The Hall–Kier alpha value is -1.62. The van der Waals surface area contributed by atoms with Crippen molar-refractivity contribution in [2.45, 2.75) is 12.6 Å². The van der Waals surface area contributed by atoms with Crippen LogP contribution in [0.3, 0.4) is 0 Å². The number of hydrogen-bond donors (Lipinski definition) is 2. The second kappa shape index (κ2) is 6.22. The molecule has 106 valence electrons. The molecule has 1 unspecified atom stereocenters. The molecule has 0 amide bonds. The van der Waals surface area contributed by atoms with Crippen molar-refractivity contribution in [3.8, 4) is 0 Å². The SMILES string of the molecule is OC(c1ccc(CN2CCOCC2)cc1)c1ccc[nH]1. The number of aromatic amines is 1. The number of ether oxygens (including phenoxy) is 1. The molecule has 1 saturated heterocycles. The average Bonchev–Trinajstić information content (AvgIpc) is 3.03. The van der Waals surface area contributed by atoms with Gasteiger partial charge >= 0.3 is 0 Å². The zero-order valence-corrected chi connectivity index (χ0v) is 11.5. The Morgan fingerprint density at radius 1 is 1.15 bits per heavy atom. The van der Waals surface area contributed by atoms with Crippen molar-refractivity contribution >= 4 is 0 Å². The van der Waals surface area contributed by atoms with Gasteiger partial charge in [-0.15, -0.1) is 0 Å². The van der Waals surface area contributed by atoms with E-state index in [0.717, 1.165) is 44.1 Å². The molecule has 2 N–H and O–H groups in total. The topological polar surface area (TPSA) is 48.5 Å². The predicted molar refractivity (Wildman–Crippen MR) is 77.4 cm³/mol. The molecule has 1 atom stereocenters. The molecular weight excluding hydrogens is 252 g/mol. The average molecular weight is 272 g/mol. The molecule has 1 aliphatic rings. The predicted octanol–water partition coefficient (Wildman–Crippen LogP) is 1.93. The van der Waals surface area contributed by atoms with Gasteiger partial charge in [-0.2, -0.15) is 0 Å². The Labute approximate surface area is 119 Å². The number of H-pyrrole nitrogens is 1. The highest BCUT2D eigenvalue weighted by molar-refractivity contribution is 5.29. The standard InChI is InChI=1S/C16H20N2O2/c19-16(15-2-1-7-17-15)14-5-3-13(4-6-14)12-18-8-10-20-11-9-18/h1-7,16-17,19H,8-12H2. The van der Waals surface area contributed by atoms with Crippen LogP contribution in [0.5, 0.6) is 0 Å². The van der Waals surface area contributed by atoms with Gasteiger partial charge in [0.25, 0.3) is 0 Å². The first-order valence-corrected chi connectivity index (χ1v) is 7.03. The van der Waals surface area contributed by atoms with Crippen LogP contribution in [-0.4, -0.2) is 41.3 Å². The van der Waals surface area contributed by atoms with E-state index >= 15 is 0 Å². The Kier molecular flexibility index (Phi) is 4.16. The Morgan fingerprint density at radius 3 is 2.55 bits per heavy atom. The van der Waals surface area contributed by atoms with Crippen LogP contribution in [0.15, 0.2) is 42.6 Å². The Bertz CT molecular complexity index is 516. The fourth-order valence-corrected chi connectivity index (χ4v) is 2.52. The van der Waals surface area contributed by atoms with E-state index in [-0.39, 0.29) is 0 Å². The van der Waals surface area contributed by atoms with Gasteiger partial charge in [0.2, 0.25) is 0 Å². The summed E-state index contributed by atoms with van der Waals surface area (Å²) in [6.45, 7) is 4.58. The van der Waals surface area contributed by atoms with E-state index in [9.17, 15) is 5.11 Å². The van der Waals surface area contributed by atoms with Crippen LogP contribution in [0.4, 0.5) is 0 Å². The quantitative estimate of drug-likeness (QED) is 0.894. The van der Waals surface area contributed by atoms with Crippen LogP contribution in [0.25, 0.3) is 0 Å². The molecule has 0 aliphatic carbocycles. The molecular formula is C16H20N2O2. The second-order valence-electron chi connectivity index (χ2n) is 5.16. The van der Waals surface area contributed by atoms with Crippen LogP contribution in [0.1, 0.15) is 22.9 Å². The van der Waals surface area contributed by atoms with E-state index < -0.39 is 6.10 Å². The maximum absolute atomic E-state index is 10.2. The number of aromatic nitrogens is 1. The van der Waals surface area contributed by atoms with E-state index in [1.165, 1.54) is 5.56 Å². The zero-order chi connectivity index (χ0) is 13.8. The van der Waals surface area contributed by atoms with Crippen LogP contribution in [0, 0.1) is 0 Å². The summed E-state index contributed by atoms with van der Waals surface area (Å²) in [5, 5.41) is 10.2. The molecule has 4 heteroatoms. The number of aliphatic hydroxyl groups excluding tert-OH is 1. The van der Waals surface area contributed by atoms with Gasteiger partial charge in [-0.25, -0.2) is 0 Å². The normalized spacial score (nSPS) is 18.1. The lowest BCUT2D eigenvalue weighted by Crippen LogP contribution is -2.35. The van der Waals surface area contributed by atoms with Crippen molar-refractivity contribution in [3.05, 3.63) is 59.4 Å². The van der Waals surface area contributed by atoms with Gasteiger partial charge in [-0.3, -0.25) is 4.90 Å². The number of aliphatic hydroxyl groups is 1. The monoisotopic (exact) mass is 272 g/mol. The molecule has 2 aromatic rings. The summed E-state index contributed by atoms with van der Waals surface area (Å²) in [6.07, 6.45) is 1.24. The molecule has 1 fully saturated rings. The van der Waals surface area contributed by atoms with E-state index in [2.05, 4.69) is 22.0 Å². The molecule has 4 nitrogen and oxygen atoms in total. The van der Waals surface area contributed by atoms with Crippen LogP contribution in [0.2, 0.25) is 0 Å². The summed E-state index contributed by atoms with van der Waals surface area (Å²) < 4.78 is 5.35. The zero-order valence-electron chi connectivity index (χ0n) is 11.5. The fraction of sp³-hybridized carbons (Fsp3) is 0.375. The smallest absolute Gasteiger partial charge is 0.119 e. The highest BCUT2D eigenvalue weighted by Crippen LogP contribution is 2.21. The Balaban J connectivity index is 1.65.